The third-order valence-electron chi connectivity index (χ3n) is 3.72. The van der Waals surface area contributed by atoms with E-state index >= 15 is 0 Å². The topological polar surface area (TPSA) is 110 Å². The summed E-state index contributed by atoms with van der Waals surface area (Å²) >= 11 is 0. The van der Waals surface area contributed by atoms with E-state index in [1.165, 1.54) is 62.6 Å². The van der Waals surface area contributed by atoms with Crippen LogP contribution in [-0.2, 0) is 24.8 Å². The van der Waals surface area contributed by atoms with E-state index in [-0.39, 0.29) is 15.5 Å². The predicted octanol–water partition coefficient (Wildman–Crippen LogP) is 2.30. The lowest BCUT2D eigenvalue weighted by Crippen LogP contribution is -2.22. The second-order valence-corrected chi connectivity index (χ2v) is 9.91. The van der Waals surface area contributed by atoms with Gasteiger partial charge >= 0.3 is 5.97 Å². The molecule has 2 rings (SSSR count). The van der Waals surface area contributed by atoms with Crippen LogP contribution in [0.3, 0.4) is 0 Å². The van der Waals surface area contributed by atoms with Gasteiger partial charge in [0.15, 0.2) is 0 Å². The van der Waals surface area contributed by atoms with Crippen LogP contribution in [0.4, 0.5) is 5.69 Å². The molecule has 0 bridgehead atoms. The second kappa shape index (κ2) is 8.72. The minimum Gasteiger partial charge on any atom is -0.462 e. The van der Waals surface area contributed by atoms with E-state index in [0.717, 1.165) is 4.31 Å². The van der Waals surface area contributed by atoms with Crippen molar-refractivity contribution in [2.45, 2.75) is 23.1 Å². The van der Waals surface area contributed by atoms with Crippen molar-refractivity contribution in [2.24, 2.45) is 0 Å². The van der Waals surface area contributed by atoms with Crippen molar-refractivity contribution in [3.8, 4) is 0 Å². The van der Waals surface area contributed by atoms with Gasteiger partial charge in [-0.3, -0.25) is 4.72 Å². The van der Waals surface area contributed by atoms with E-state index in [4.69, 9.17) is 4.74 Å². The minimum absolute atomic E-state index is 0.00797. The Kier molecular flexibility index (Phi) is 6.81. The Morgan fingerprint density at radius 2 is 1.46 bits per heavy atom. The molecule has 0 radical (unpaired) electrons. The van der Waals surface area contributed by atoms with Gasteiger partial charge in [0.05, 0.1) is 22.0 Å². The quantitative estimate of drug-likeness (QED) is 0.649. The molecular weight excluding hydrogens is 404 g/mol. The maximum atomic E-state index is 12.5. The molecule has 28 heavy (non-hydrogen) atoms. The van der Waals surface area contributed by atoms with Gasteiger partial charge in [0.25, 0.3) is 10.0 Å². The summed E-state index contributed by atoms with van der Waals surface area (Å²) in [6.07, 6.45) is 0.707. The number of esters is 1. The van der Waals surface area contributed by atoms with Crippen LogP contribution in [0.1, 0.15) is 23.7 Å². The standard InChI is InChI=1S/C18H22N2O6S2/c1-4-13-26-18(21)14-5-7-15(8-6-14)19-27(22,23)16-9-11-17(12-10-16)28(24,25)20(2)3/h5-12,19H,4,13H2,1-3H3. The van der Waals surface area contributed by atoms with Gasteiger partial charge in [-0.2, -0.15) is 0 Å². The van der Waals surface area contributed by atoms with Gasteiger partial charge in [0, 0.05) is 19.8 Å². The molecule has 0 heterocycles. The molecule has 0 saturated carbocycles. The molecule has 0 atom stereocenters. The molecule has 10 heteroatoms. The summed E-state index contributed by atoms with van der Waals surface area (Å²) in [6.45, 7) is 2.19. The van der Waals surface area contributed by atoms with E-state index in [1.54, 1.807) is 0 Å². The molecule has 0 aromatic heterocycles. The molecular formula is C18H22N2O6S2. The van der Waals surface area contributed by atoms with Crippen molar-refractivity contribution in [3.05, 3.63) is 54.1 Å². The lowest BCUT2D eigenvalue weighted by Gasteiger charge is -2.12. The molecule has 2 aromatic rings. The van der Waals surface area contributed by atoms with Crippen molar-refractivity contribution in [3.63, 3.8) is 0 Å². The number of hydrogen-bond acceptors (Lipinski definition) is 6. The molecule has 0 saturated heterocycles. The molecule has 0 amide bonds. The summed E-state index contributed by atoms with van der Waals surface area (Å²) in [5, 5.41) is 0. The SMILES string of the molecule is CCCOC(=O)c1ccc(NS(=O)(=O)c2ccc(S(=O)(=O)N(C)C)cc2)cc1. The van der Waals surface area contributed by atoms with Crippen LogP contribution < -0.4 is 4.72 Å². The van der Waals surface area contributed by atoms with Gasteiger partial charge in [-0.25, -0.2) is 25.9 Å². The van der Waals surface area contributed by atoms with E-state index in [9.17, 15) is 21.6 Å². The Balaban J connectivity index is 2.16. The number of nitrogens with one attached hydrogen (secondary N) is 1. The maximum Gasteiger partial charge on any atom is 0.338 e. The highest BCUT2D eigenvalue weighted by Gasteiger charge is 2.20. The number of anilines is 1. The predicted molar refractivity (Wildman–Crippen MR) is 105 cm³/mol. The third-order valence-corrected chi connectivity index (χ3v) is 6.95. The van der Waals surface area contributed by atoms with Crippen LogP contribution in [0.25, 0.3) is 0 Å². The van der Waals surface area contributed by atoms with Crippen molar-refractivity contribution < 1.29 is 26.4 Å². The first kappa shape index (κ1) is 21.9. The molecule has 0 aliphatic carbocycles. The molecule has 0 unspecified atom stereocenters. The van der Waals surface area contributed by atoms with Crippen LogP contribution in [-0.4, -0.2) is 47.8 Å². The maximum absolute atomic E-state index is 12.5. The number of sulfonamides is 2. The zero-order chi connectivity index (χ0) is 20.9. The molecule has 0 aliphatic heterocycles. The van der Waals surface area contributed by atoms with Gasteiger partial charge < -0.3 is 4.74 Å². The largest absolute Gasteiger partial charge is 0.462 e. The number of rotatable bonds is 8. The highest BCUT2D eigenvalue weighted by Crippen LogP contribution is 2.20. The van der Waals surface area contributed by atoms with Crippen LogP contribution in [0, 0.1) is 0 Å². The Hall–Kier alpha value is -2.43. The molecule has 8 nitrogen and oxygen atoms in total. The third kappa shape index (κ3) is 5.09. The number of nitrogens with zero attached hydrogens (tertiary/aromatic N) is 1. The highest BCUT2D eigenvalue weighted by atomic mass is 32.2. The molecule has 0 aliphatic rings. The summed E-state index contributed by atoms with van der Waals surface area (Å²) in [5.74, 6) is -0.478. The Labute approximate surface area is 165 Å². The van der Waals surface area contributed by atoms with Crippen molar-refractivity contribution >= 4 is 31.7 Å². The van der Waals surface area contributed by atoms with E-state index in [0.29, 0.717) is 18.6 Å². The van der Waals surface area contributed by atoms with Crippen molar-refractivity contribution in [1.82, 2.24) is 4.31 Å². The van der Waals surface area contributed by atoms with E-state index in [1.807, 2.05) is 6.92 Å². The zero-order valence-electron chi connectivity index (χ0n) is 15.7. The highest BCUT2D eigenvalue weighted by molar-refractivity contribution is 7.92. The molecule has 152 valence electrons. The van der Waals surface area contributed by atoms with Gasteiger partial charge in [0.1, 0.15) is 0 Å². The van der Waals surface area contributed by atoms with Crippen LogP contribution in [0.15, 0.2) is 58.3 Å². The smallest absolute Gasteiger partial charge is 0.338 e. The number of carbonyl (C=O) groups is 1. The fourth-order valence-corrected chi connectivity index (χ4v) is 4.13. The Morgan fingerprint density at radius 3 is 1.96 bits per heavy atom. The second-order valence-electron chi connectivity index (χ2n) is 6.08. The van der Waals surface area contributed by atoms with E-state index in [2.05, 4.69) is 4.72 Å². The minimum atomic E-state index is -3.92. The van der Waals surface area contributed by atoms with Crippen molar-refractivity contribution in [1.29, 1.82) is 0 Å². The average Bonchev–Trinajstić information content (AvgIpc) is 2.66. The molecule has 2 aromatic carbocycles. The molecule has 0 spiro atoms. The lowest BCUT2D eigenvalue weighted by atomic mass is 10.2. The van der Waals surface area contributed by atoms with Crippen molar-refractivity contribution in [2.75, 3.05) is 25.4 Å². The number of carbonyl (C=O) groups excluding carboxylic acids is 1. The van der Waals surface area contributed by atoms with Crippen LogP contribution in [0.5, 0.6) is 0 Å². The molecule has 0 fully saturated rings. The average molecular weight is 427 g/mol. The van der Waals surface area contributed by atoms with E-state index < -0.39 is 26.0 Å². The normalized spacial score (nSPS) is 12.0. The number of ether oxygens (including phenoxy) is 1. The summed E-state index contributed by atoms with van der Waals surface area (Å²) in [7, 11) is -4.78. The monoisotopic (exact) mass is 426 g/mol. The molecule has 1 N–H and O–H groups in total. The first-order valence-electron chi connectivity index (χ1n) is 8.40. The first-order chi connectivity index (χ1) is 13.1. The number of benzene rings is 2. The van der Waals surface area contributed by atoms with Gasteiger partial charge in [-0.05, 0) is 55.0 Å². The van der Waals surface area contributed by atoms with Crippen LogP contribution in [0.2, 0.25) is 0 Å². The summed E-state index contributed by atoms with van der Waals surface area (Å²) in [6, 6.07) is 10.7. The lowest BCUT2D eigenvalue weighted by molar-refractivity contribution is 0.0505. The summed E-state index contributed by atoms with van der Waals surface area (Å²) < 4.78 is 57.5. The Bertz CT molecular complexity index is 1030. The van der Waals surface area contributed by atoms with Gasteiger partial charge in [0.2, 0.25) is 10.0 Å². The fourth-order valence-electron chi connectivity index (χ4n) is 2.17. The summed E-state index contributed by atoms with van der Waals surface area (Å²) in [5.41, 5.74) is 0.576. The first-order valence-corrected chi connectivity index (χ1v) is 11.3. The summed E-state index contributed by atoms with van der Waals surface area (Å²) in [4.78, 5) is 11.7. The Morgan fingerprint density at radius 1 is 0.929 bits per heavy atom. The van der Waals surface area contributed by atoms with Crippen LogP contribution >= 0.6 is 0 Å². The number of hydrogen-bond donors (Lipinski definition) is 1. The zero-order valence-corrected chi connectivity index (χ0v) is 17.4. The van der Waals surface area contributed by atoms with Gasteiger partial charge in [-0.15, -0.1) is 0 Å². The van der Waals surface area contributed by atoms with Gasteiger partial charge in [-0.1, -0.05) is 6.92 Å². The fraction of sp³-hybridized carbons (Fsp3) is 0.278.